The SMILES string of the molecule is COC(=O)c1cc(-c2ccc(SC)cc2)nn(CC=Cc2ccc(Cl)cc2)c1=O. The Morgan fingerprint density at radius 1 is 1.17 bits per heavy atom. The number of rotatable bonds is 6. The van der Waals surface area contributed by atoms with Crippen LogP contribution in [0.5, 0.6) is 0 Å². The fourth-order valence-corrected chi connectivity index (χ4v) is 3.22. The molecule has 0 spiro atoms. The van der Waals surface area contributed by atoms with Gasteiger partial charge < -0.3 is 4.74 Å². The normalized spacial score (nSPS) is 11.0. The zero-order chi connectivity index (χ0) is 20.8. The van der Waals surface area contributed by atoms with Crippen LogP contribution in [-0.4, -0.2) is 29.1 Å². The third-order valence-corrected chi connectivity index (χ3v) is 5.22. The molecule has 0 aliphatic heterocycles. The summed E-state index contributed by atoms with van der Waals surface area (Å²) in [5.74, 6) is -0.685. The lowest BCUT2D eigenvalue weighted by Gasteiger charge is -2.09. The number of aromatic nitrogens is 2. The summed E-state index contributed by atoms with van der Waals surface area (Å²) < 4.78 is 6.03. The number of ether oxygens (including phenoxy) is 1. The third kappa shape index (κ3) is 5.16. The minimum absolute atomic E-state index is 0.0497. The van der Waals surface area contributed by atoms with Gasteiger partial charge in [-0.05, 0) is 42.2 Å². The van der Waals surface area contributed by atoms with Crippen LogP contribution in [0.25, 0.3) is 17.3 Å². The Morgan fingerprint density at radius 3 is 2.48 bits per heavy atom. The van der Waals surface area contributed by atoms with Crippen molar-refractivity contribution in [2.75, 3.05) is 13.4 Å². The quantitative estimate of drug-likeness (QED) is 0.419. The molecule has 1 heterocycles. The van der Waals surface area contributed by atoms with Crippen LogP contribution < -0.4 is 5.56 Å². The fourth-order valence-electron chi connectivity index (χ4n) is 2.69. The molecule has 29 heavy (non-hydrogen) atoms. The smallest absolute Gasteiger partial charge is 0.343 e. The minimum atomic E-state index is -0.685. The van der Waals surface area contributed by atoms with Crippen LogP contribution in [0.3, 0.4) is 0 Å². The van der Waals surface area contributed by atoms with Crippen LogP contribution in [0.15, 0.2) is 70.4 Å². The molecule has 5 nitrogen and oxygen atoms in total. The number of hydrogen-bond donors (Lipinski definition) is 0. The van der Waals surface area contributed by atoms with E-state index in [0.29, 0.717) is 10.7 Å². The summed E-state index contributed by atoms with van der Waals surface area (Å²) in [5, 5.41) is 5.09. The average Bonchev–Trinajstić information content (AvgIpc) is 2.75. The third-order valence-electron chi connectivity index (χ3n) is 4.22. The summed E-state index contributed by atoms with van der Waals surface area (Å²) in [7, 11) is 1.25. The molecule has 0 saturated carbocycles. The van der Waals surface area contributed by atoms with Gasteiger partial charge in [0.1, 0.15) is 5.56 Å². The number of benzene rings is 2. The van der Waals surface area contributed by atoms with Gasteiger partial charge in [0, 0.05) is 15.5 Å². The number of methoxy groups -OCH3 is 1. The van der Waals surface area contributed by atoms with Crippen LogP contribution in [0, 0.1) is 0 Å². The first-order chi connectivity index (χ1) is 14.0. The number of halogens is 1. The maximum absolute atomic E-state index is 12.7. The lowest BCUT2D eigenvalue weighted by atomic mass is 10.1. The first kappa shape index (κ1) is 20.9. The highest BCUT2D eigenvalue weighted by Crippen LogP contribution is 2.21. The molecule has 7 heteroatoms. The van der Waals surface area contributed by atoms with Crippen LogP contribution >= 0.6 is 23.4 Å². The van der Waals surface area contributed by atoms with Gasteiger partial charge in [-0.2, -0.15) is 5.10 Å². The highest BCUT2D eigenvalue weighted by atomic mass is 35.5. The van der Waals surface area contributed by atoms with Crippen molar-refractivity contribution in [1.82, 2.24) is 9.78 Å². The molecule has 0 aliphatic rings. The van der Waals surface area contributed by atoms with E-state index in [1.807, 2.05) is 48.7 Å². The summed E-state index contributed by atoms with van der Waals surface area (Å²) >= 11 is 7.53. The molecule has 0 N–H and O–H groups in total. The molecule has 0 atom stereocenters. The second-order valence-corrected chi connectivity index (χ2v) is 7.42. The average molecular weight is 427 g/mol. The predicted molar refractivity (Wildman–Crippen MR) is 118 cm³/mol. The van der Waals surface area contributed by atoms with Crippen LogP contribution in [0.4, 0.5) is 0 Å². The van der Waals surface area contributed by atoms with Crippen molar-refractivity contribution in [2.24, 2.45) is 0 Å². The number of hydrogen-bond acceptors (Lipinski definition) is 5. The number of allylic oxidation sites excluding steroid dienone is 1. The standard InChI is InChI=1S/C22H19ClN2O3S/c1-28-22(27)19-14-20(16-7-11-18(29-2)12-8-16)24-25(21(19)26)13-3-4-15-5-9-17(23)10-6-15/h3-12,14H,13H2,1-2H3. The highest BCUT2D eigenvalue weighted by molar-refractivity contribution is 7.98. The largest absolute Gasteiger partial charge is 0.465 e. The van der Waals surface area contributed by atoms with E-state index in [-0.39, 0.29) is 12.1 Å². The Hall–Kier alpha value is -2.83. The van der Waals surface area contributed by atoms with E-state index in [1.165, 1.54) is 17.9 Å². The molecule has 3 aromatic rings. The van der Waals surface area contributed by atoms with E-state index in [9.17, 15) is 9.59 Å². The first-order valence-electron chi connectivity index (χ1n) is 8.79. The van der Waals surface area contributed by atoms with Gasteiger partial charge in [0.2, 0.25) is 0 Å². The monoisotopic (exact) mass is 426 g/mol. The van der Waals surface area contributed by atoms with Crippen molar-refractivity contribution < 1.29 is 9.53 Å². The van der Waals surface area contributed by atoms with Gasteiger partial charge in [0.25, 0.3) is 5.56 Å². The minimum Gasteiger partial charge on any atom is -0.465 e. The van der Waals surface area contributed by atoms with Crippen molar-refractivity contribution in [2.45, 2.75) is 11.4 Å². The zero-order valence-corrected chi connectivity index (χ0v) is 17.5. The molecule has 0 radical (unpaired) electrons. The number of esters is 1. The van der Waals surface area contributed by atoms with Gasteiger partial charge in [-0.25, -0.2) is 9.48 Å². The van der Waals surface area contributed by atoms with E-state index in [4.69, 9.17) is 16.3 Å². The molecule has 148 valence electrons. The highest BCUT2D eigenvalue weighted by Gasteiger charge is 2.16. The van der Waals surface area contributed by atoms with Gasteiger partial charge in [-0.1, -0.05) is 48.0 Å². The van der Waals surface area contributed by atoms with Crippen LogP contribution in [-0.2, 0) is 11.3 Å². The summed E-state index contributed by atoms with van der Waals surface area (Å²) in [6.07, 6.45) is 5.66. The summed E-state index contributed by atoms with van der Waals surface area (Å²) in [4.78, 5) is 25.9. The molecule has 0 bridgehead atoms. The summed E-state index contributed by atoms with van der Waals surface area (Å²) in [6.45, 7) is 0.211. The Balaban J connectivity index is 1.96. The molecule has 0 fully saturated rings. The Morgan fingerprint density at radius 2 is 1.86 bits per heavy atom. The molecule has 0 amide bonds. The Labute approximate surface area is 178 Å². The van der Waals surface area contributed by atoms with E-state index in [2.05, 4.69) is 5.10 Å². The van der Waals surface area contributed by atoms with Gasteiger partial charge in [-0.3, -0.25) is 4.79 Å². The van der Waals surface area contributed by atoms with Gasteiger partial charge in [0.05, 0.1) is 19.3 Å². The lowest BCUT2D eigenvalue weighted by Crippen LogP contribution is -2.29. The second-order valence-electron chi connectivity index (χ2n) is 6.10. The van der Waals surface area contributed by atoms with Crippen molar-refractivity contribution >= 4 is 35.4 Å². The van der Waals surface area contributed by atoms with E-state index in [1.54, 1.807) is 30.0 Å². The van der Waals surface area contributed by atoms with Crippen LogP contribution in [0.2, 0.25) is 5.02 Å². The molecule has 2 aromatic carbocycles. The maximum atomic E-state index is 12.7. The zero-order valence-electron chi connectivity index (χ0n) is 16.0. The molecule has 0 saturated heterocycles. The van der Waals surface area contributed by atoms with Gasteiger partial charge in [0.15, 0.2) is 0 Å². The first-order valence-corrected chi connectivity index (χ1v) is 10.4. The summed E-state index contributed by atoms with van der Waals surface area (Å²) in [6, 6.07) is 16.6. The van der Waals surface area contributed by atoms with E-state index >= 15 is 0 Å². The molecule has 0 unspecified atom stereocenters. The molecular formula is C22H19ClN2O3S. The van der Waals surface area contributed by atoms with Gasteiger partial charge >= 0.3 is 5.97 Å². The van der Waals surface area contributed by atoms with Crippen molar-refractivity contribution in [3.63, 3.8) is 0 Å². The van der Waals surface area contributed by atoms with E-state index < -0.39 is 11.5 Å². The number of nitrogens with zero attached hydrogens (tertiary/aromatic N) is 2. The van der Waals surface area contributed by atoms with Crippen molar-refractivity contribution in [1.29, 1.82) is 0 Å². The van der Waals surface area contributed by atoms with E-state index in [0.717, 1.165) is 16.0 Å². The van der Waals surface area contributed by atoms with Crippen molar-refractivity contribution in [3.05, 3.63) is 87.2 Å². The second kappa shape index (κ2) is 9.58. The maximum Gasteiger partial charge on any atom is 0.343 e. The lowest BCUT2D eigenvalue weighted by molar-refractivity contribution is 0.0597. The Kier molecular flexibility index (Phi) is 6.90. The van der Waals surface area contributed by atoms with Crippen LogP contribution in [0.1, 0.15) is 15.9 Å². The molecular weight excluding hydrogens is 408 g/mol. The number of thioether (sulfide) groups is 1. The number of carbonyl (C=O) groups excluding carboxylic acids is 1. The predicted octanol–water partition coefficient (Wildman–Crippen LogP) is 4.79. The number of carbonyl (C=O) groups is 1. The van der Waals surface area contributed by atoms with Crippen molar-refractivity contribution in [3.8, 4) is 11.3 Å². The van der Waals surface area contributed by atoms with Gasteiger partial charge in [-0.15, -0.1) is 11.8 Å². The fraction of sp³-hybridized carbons (Fsp3) is 0.136. The topological polar surface area (TPSA) is 61.2 Å². The molecule has 1 aromatic heterocycles. The summed E-state index contributed by atoms with van der Waals surface area (Å²) in [5.41, 5.74) is 1.73. The Bertz CT molecular complexity index is 1090. The molecule has 0 aliphatic carbocycles. The molecule has 3 rings (SSSR count).